The molecule has 0 spiro atoms. The molecule has 1 aromatic rings. The number of rotatable bonds is 6. The number of nitrogens with two attached hydrogens (primary N) is 1. The number of sulfone groups is 1. The molecule has 0 saturated heterocycles. The Balaban J connectivity index is 2.81. The van der Waals surface area contributed by atoms with Crippen molar-refractivity contribution in [3.63, 3.8) is 0 Å². The van der Waals surface area contributed by atoms with Gasteiger partial charge in [0.2, 0.25) is 0 Å². The number of nitro benzene ring substituents is 1. The van der Waals surface area contributed by atoms with Crippen LogP contribution in [0.1, 0.15) is 10.4 Å². The average molecular weight is 302 g/mol. The van der Waals surface area contributed by atoms with Crippen molar-refractivity contribution in [2.45, 2.75) is 0 Å². The summed E-state index contributed by atoms with van der Waals surface area (Å²) in [5, 5.41) is 13.1. The third-order valence-corrected chi connectivity index (χ3v) is 3.32. The van der Waals surface area contributed by atoms with Crippen molar-refractivity contribution in [3.05, 3.63) is 33.9 Å². The average Bonchev–Trinajstić information content (AvgIpc) is 2.36. The van der Waals surface area contributed by atoms with Crippen LogP contribution in [0.3, 0.4) is 0 Å². The van der Waals surface area contributed by atoms with Crippen molar-refractivity contribution in [3.8, 4) is 0 Å². The fourth-order valence-corrected chi connectivity index (χ4v) is 1.88. The number of anilines is 1. The molecule has 0 aliphatic heterocycles. The van der Waals surface area contributed by atoms with E-state index in [1.807, 2.05) is 0 Å². The van der Waals surface area contributed by atoms with E-state index in [4.69, 9.17) is 5.84 Å². The Morgan fingerprint density at radius 1 is 1.45 bits per heavy atom. The topological polar surface area (TPSA) is 144 Å². The Hall–Kier alpha value is -2.20. The largest absolute Gasteiger partial charge is 0.351 e. The highest BCUT2D eigenvalue weighted by atomic mass is 32.2. The summed E-state index contributed by atoms with van der Waals surface area (Å²) in [4.78, 5) is 21.8. The predicted molar refractivity (Wildman–Crippen MR) is 73.0 cm³/mol. The Kier molecular flexibility index (Phi) is 5.00. The van der Waals surface area contributed by atoms with Crippen molar-refractivity contribution in [2.75, 3.05) is 24.0 Å². The second kappa shape index (κ2) is 6.30. The minimum Gasteiger partial charge on any atom is -0.351 e. The molecule has 0 saturated carbocycles. The Labute approximate surface area is 115 Å². The first-order valence-electron chi connectivity index (χ1n) is 5.45. The number of carbonyl (C=O) groups excluding carboxylic acids is 1. The highest BCUT2D eigenvalue weighted by Gasteiger charge is 2.16. The molecule has 0 bridgehead atoms. The van der Waals surface area contributed by atoms with Crippen molar-refractivity contribution < 1.29 is 18.1 Å². The lowest BCUT2D eigenvalue weighted by molar-refractivity contribution is -0.384. The SMILES string of the molecule is CS(=O)(=O)CCNC(=O)c1ccc([N+](=O)[O-])c(NN)c1. The fraction of sp³-hybridized carbons (Fsp3) is 0.300. The molecule has 10 heteroatoms. The van der Waals surface area contributed by atoms with E-state index in [9.17, 15) is 23.3 Å². The number of hydrogen-bond acceptors (Lipinski definition) is 7. The second-order valence-corrected chi connectivity index (χ2v) is 6.28. The van der Waals surface area contributed by atoms with Gasteiger partial charge in [0, 0.05) is 24.4 Å². The molecule has 0 fully saturated rings. The van der Waals surface area contributed by atoms with Gasteiger partial charge >= 0.3 is 0 Å². The van der Waals surface area contributed by atoms with Gasteiger partial charge < -0.3 is 10.7 Å². The maximum atomic E-state index is 11.7. The first kappa shape index (κ1) is 15.9. The molecule has 1 aromatic carbocycles. The molecule has 0 aliphatic carbocycles. The highest BCUT2D eigenvalue weighted by molar-refractivity contribution is 7.90. The van der Waals surface area contributed by atoms with Gasteiger partial charge in [-0.05, 0) is 12.1 Å². The number of hydrogen-bond donors (Lipinski definition) is 3. The zero-order valence-electron chi connectivity index (χ0n) is 10.6. The van der Waals surface area contributed by atoms with Crippen LogP contribution in [0, 0.1) is 10.1 Å². The van der Waals surface area contributed by atoms with Gasteiger partial charge in [0.1, 0.15) is 15.5 Å². The van der Waals surface area contributed by atoms with E-state index in [-0.39, 0.29) is 29.2 Å². The summed E-state index contributed by atoms with van der Waals surface area (Å²) in [6.45, 7) is -0.0416. The number of nitro groups is 1. The van der Waals surface area contributed by atoms with E-state index in [2.05, 4.69) is 10.7 Å². The second-order valence-electron chi connectivity index (χ2n) is 4.02. The van der Waals surface area contributed by atoms with E-state index in [1.54, 1.807) is 0 Å². The summed E-state index contributed by atoms with van der Waals surface area (Å²) in [5.74, 6) is 4.42. The molecule has 1 rings (SSSR count). The molecule has 110 valence electrons. The Morgan fingerprint density at radius 2 is 2.10 bits per heavy atom. The van der Waals surface area contributed by atoms with Gasteiger partial charge in [-0.1, -0.05) is 0 Å². The Bertz CT molecular complexity index is 629. The molecular weight excluding hydrogens is 288 g/mol. The molecule has 0 radical (unpaired) electrons. The van der Waals surface area contributed by atoms with Crippen molar-refractivity contribution >= 4 is 27.1 Å². The van der Waals surface area contributed by atoms with Crippen molar-refractivity contribution in [1.29, 1.82) is 0 Å². The van der Waals surface area contributed by atoms with E-state index in [0.717, 1.165) is 12.3 Å². The van der Waals surface area contributed by atoms with Gasteiger partial charge in [-0.3, -0.25) is 20.8 Å². The predicted octanol–water partition coefficient (Wildman–Crippen LogP) is -0.345. The standard InChI is InChI=1S/C10H14N4O5S/c1-20(18,19)5-4-12-10(15)7-2-3-9(14(16)17)8(6-7)13-11/h2-3,6,13H,4-5,11H2,1H3,(H,12,15). The number of nitrogen functional groups attached to an aromatic ring is 1. The maximum absolute atomic E-state index is 11.7. The lowest BCUT2D eigenvalue weighted by Gasteiger charge is -2.07. The van der Waals surface area contributed by atoms with Gasteiger partial charge in [0.25, 0.3) is 11.6 Å². The van der Waals surface area contributed by atoms with Gasteiger partial charge in [0.05, 0.1) is 10.7 Å². The number of benzene rings is 1. The van der Waals surface area contributed by atoms with Crippen LogP contribution in [0.5, 0.6) is 0 Å². The third-order valence-electron chi connectivity index (χ3n) is 2.37. The number of hydrazine groups is 1. The summed E-state index contributed by atoms with van der Waals surface area (Å²) in [7, 11) is -3.17. The molecule has 4 N–H and O–H groups in total. The third kappa shape index (κ3) is 4.48. The first-order chi connectivity index (χ1) is 9.24. The summed E-state index contributed by atoms with van der Waals surface area (Å²) in [6, 6.07) is 3.61. The molecular formula is C10H14N4O5S. The summed E-state index contributed by atoms with van der Waals surface area (Å²) < 4.78 is 21.8. The number of carbonyl (C=O) groups is 1. The van der Waals surface area contributed by atoms with Gasteiger partial charge in [0.15, 0.2) is 0 Å². The monoisotopic (exact) mass is 302 g/mol. The summed E-state index contributed by atoms with van der Waals surface area (Å²) in [6.07, 6.45) is 1.06. The normalized spacial score (nSPS) is 10.9. The minimum absolute atomic E-state index is 0.00855. The lowest BCUT2D eigenvalue weighted by atomic mass is 10.1. The van der Waals surface area contributed by atoms with Crippen LogP contribution in [0.25, 0.3) is 0 Å². The van der Waals surface area contributed by atoms with Crippen LogP contribution in [-0.2, 0) is 9.84 Å². The van der Waals surface area contributed by atoms with Gasteiger partial charge in [-0.25, -0.2) is 8.42 Å². The molecule has 0 unspecified atom stereocenters. The van der Waals surface area contributed by atoms with Crippen LogP contribution >= 0.6 is 0 Å². The maximum Gasteiger partial charge on any atom is 0.293 e. The molecule has 20 heavy (non-hydrogen) atoms. The summed E-state index contributed by atoms with van der Waals surface area (Å²) in [5.41, 5.74) is 2.00. The zero-order valence-corrected chi connectivity index (χ0v) is 11.4. The molecule has 9 nitrogen and oxygen atoms in total. The highest BCUT2D eigenvalue weighted by Crippen LogP contribution is 2.24. The molecule has 0 atom stereocenters. The van der Waals surface area contributed by atoms with Crippen molar-refractivity contribution in [1.82, 2.24) is 5.32 Å². The zero-order chi connectivity index (χ0) is 15.3. The molecule has 0 heterocycles. The van der Waals surface area contributed by atoms with E-state index in [0.29, 0.717) is 0 Å². The van der Waals surface area contributed by atoms with Crippen LogP contribution < -0.4 is 16.6 Å². The molecule has 1 amide bonds. The first-order valence-corrected chi connectivity index (χ1v) is 7.51. The van der Waals surface area contributed by atoms with Crippen LogP contribution in [-0.4, -0.2) is 37.8 Å². The Morgan fingerprint density at radius 3 is 2.60 bits per heavy atom. The lowest BCUT2D eigenvalue weighted by Crippen LogP contribution is -2.28. The number of nitrogens with one attached hydrogen (secondary N) is 2. The number of nitrogens with zero attached hydrogens (tertiary/aromatic N) is 1. The van der Waals surface area contributed by atoms with E-state index >= 15 is 0 Å². The number of amides is 1. The van der Waals surface area contributed by atoms with Crippen LogP contribution in [0.2, 0.25) is 0 Å². The van der Waals surface area contributed by atoms with Crippen LogP contribution in [0.4, 0.5) is 11.4 Å². The smallest absolute Gasteiger partial charge is 0.293 e. The molecule has 0 aromatic heterocycles. The molecule has 0 aliphatic rings. The minimum atomic E-state index is -3.17. The summed E-state index contributed by atoms with van der Waals surface area (Å²) >= 11 is 0. The van der Waals surface area contributed by atoms with Gasteiger partial charge in [-0.15, -0.1) is 0 Å². The van der Waals surface area contributed by atoms with Gasteiger partial charge in [-0.2, -0.15) is 0 Å². The quantitative estimate of drug-likeness (QED) is 0.370. The van der Waals surface area contributed by atoms with E-state index < -0.39 is 20.7 Å². The van der Waals surface area contributed by atoms with Crippen molar-refractivity contribution in [2.24, 2.45) is 5.84 Å². The van der Waals surface area contributed by atoms with Crippen LogP contribution in [0.15, 0.2) is 18.2 Å². The fourth-order valence-electron chi connectivity index (χ4n) is 1.40. The van der Waals surface area contributed by atoms with E-state index in [1.165, 1.54) is 12.1 Å².